The van der Waals surface area contributed by atoms with Crippen LogP contribution in [-0.2, 0) is 9.59 Å². The number of para-hydroxylation sites is 1. The highest BCUT2D eigenvalue weighted by molar-refractivity contribution is 8.00. The van der Waals surface area contributed by atoms with Gasteiger partial charge in [-0.2, -0.15) is 0 Å². The number of carbonyl (C=O) groups excluding carboxylic acids is 3. The molecule has 8 nitrogen and oxygen atoms in total. The summed E-state index contributed by atoms with van der Waals surface area (Å²) >= 11 is 1.34. The number of hydrogen-bond donors (Lipinski definition) is 3. The van der Waals surface area contributed by atoms with E-state index >= 15 is 0 Å². The fraction of sp³-hybridized carbons (Fsp3) is 0.0789. The number of benzene rings is 5. The van der Waals surface area contributed by atoms with Gasteiger partial charge in [0.15, 0.2) is 0 Å². The van der Waals surface area contributed by atoms with Crippen molar-refractivity contribution in [2.75, 3.05) is 35.4 Å². The molecule has 0 unspecified atom stereocenters. The Morgan fingerprint density at radius 2 is 1.36 bits per heavy atom. The van der Waals surface area contributed by atoms with Gasteiger partial charge in [0.25, 0.3) is 11.8 Å². The minimum atomic E-state index is -0.481. The van der Waals surface area contributed by atoms with Crippen molar-refractivity contribution in [2.24, 2.45) is 0 Å². The van der Waals surface area contributed by atoms with E-state index in [1.165, 1.54) is 11.8 Å². The van der Waals surface area contributed by atoms with Crippen molar-refractivity contribution in [3.63, 3.8) is 0 Å². The van der Waals surface area contributed by atoms with Crippen LogP contribution in [0.1, 0.15) is 15.9 Å². The van der Waals surface area contributed by atoms with Gasteiger partial charge in [0.05, 0.1) is 5.75 Å². The number of thioether (sulfide) groups is 1. The first-order valence-corrected chi connectivity index (χ1v) is 15.8. The van der Waals surface area contributed by atoms with E-state index in [0.29, 0.717) is 22.7 Å². The lowest BCUT2D eigenvalue weighted by atomic mass is 10.1. The fourth-order valence-electron chi connectivity index (χ4n) is 4.42. The van der Waals surface area contributed by atoms with Gasteiger partial charge >= 0.3 is 0 Å². The molecule has 0 heterocycles. The van der Waals surface area contributed by atoms with Crippen LogP contribution in [0.15, 0.2) is 144 Å². The lowest BCUT2D eigenvalue weighted by Crippen LogP contribution is -2.30. The van der Waals surface area contributed by atoms with Crippen LogP contribution in [0.3, 0.4) is 0 Å². The highest BCUT2D eigenvalue weighted by Gasteiger charge is 2.16. The van der Waals surface area contributed by atoms with Gasteiger partial charge in [0.1, 0.15) is 17.2 Å². The van der Waals surface area contributed by atoms with Crippen LogP contribution in [-0.4, -0.2) is 37.6 Å². The fourth-order valence-corrected chi connectivity index (χ4v) is 5.17. The van der Waals surface area contributed by atoms with E-state index in [1.807, 2.05) is 85.7 Å². The minimum absolute atomic E-state index is 0.0917. The normalized spacial score (nSPS) is 10.9. The molecule has 0 aliphatic rings. The van der Waals surface area contributed by atoms with Crippen LogP contribution in [0, 0.1) is 0 Å². The Bertz CT molecular complexity index is 1840. The van der Waals surface area contributed by atoms with E-state index in [2.05, 4.69) is 16.0 Å². The van der Waals surface area contributed by atoms with Crippen molar-refractivity contribution in [1.82, 2.24) is 5.32 Å². The molecule has 47 heavy (non-hydrogen) atoms. The average Bonchev–Trinajstić information content (AvgIpc) is 3.09. The molecule has 3 N–H and O–H groups in total. The number of anilines is 3. The molecule has 0 atom stereocenters. The van der Waals surface area contributed by atoms with Crippen LogP contribution in [0.4, 0.5) is 17.1 Å². The van der Waals surface area contributed by atoms with Gasteiger partial charge in [-0.1, -0.05) is 54.6 Å². The summed E-state index contributed by atoms with van der Waals surface area (Å²) in [5.74, 6) is 0.521. The van der Waals surface area contributed by atoms with Gasteiger partial charge in [-0.15, -0.1) is 11.8 Å². The van der Waals surface area contributed by atoms with Crippen LogP contribution >= 0.6 is 11.8 Å². The Morgan fingerprint density at radius 1 is 0.702 bits per heavy atom. The summed E-state index contributed by atoms with van der Waals surface area (Å²) in [4.78, 5) is 41.9. The third-order valence-corrected chi connectivity index (χ3v) is 7.82. The first-order chi connectivity index (χ1) is 22.8. The predicted molar refractivity (Wildman–Crippen MR) is 190 cm³/mol. The van der Waals surface area contributed by atoms with Crippen molar-refractivity contribution < 1.29 is 19.1 Å². The number of nitrogens with one attached hydrogen (secondary N) is 3. The molecule has 5 rings (SSSR count). The monoisotopic (exact) mass is 642 g/mol. The van der Waals surface area contributed by atoms with Crippen molar-refractivity contribution in [1.29, 1.82) is 0 Å². The summed E-state index contributed by atoms with van der Waals surface area (Å²) in [6.45, 7) is 0. The predicted octanol–water partition coefficient (Wildman–Crippen LogP) is 7.69. The first-order valence-electron chi connectivity index (χ1n) is 14.8. The second kappa shape index (κ2) is 16.0. The summed E-state index contributed by atoms with van der Waals surface area (Å²) in [5, 5.41) is 8.54. The number of ether oxygens (including phenoxy) is 1. The highest BCUT2D eigenvalue weighted by atomic mass is 32.2. The molecule has 3 amide bonds. The number of hydrogen-bond acceptors (Lipinski definition) is 6. The van der Waals surface area contributed by atoms with Gasteiger partial charge < -0.3 is 25.6 Å². The standard InChI is InChI=1S/C38H34N4O4S/c1-42(2)31-20-16-27(17-21-31)24-35(41-37(44)28-10-5-3-6-11-28)38(45)40-30-12-9-15-34(25-30)47-26-36(43)39-29-18-22-33(23-19-29)46-32-13-7-4-8-14-32/h3-25H,26H2,1-2H3,(H,39,43)(H,40,45)(H,41,44)/b35-24+. The molecule has 0 aromatic heterocycles. The van der Waals surface area contributed by atoms with Crippen molar-refractivity contribution in [3.05, 3.63) is 150 Å². The molecular weight excluding hydrogens is 609 g/mol. The number of carbonyl (C=O) groups is 3. The second-order valence-corrected chi connectivity index (χ2v) is 11.7. The molecule has 0 aliphatic heterocycles. The maximum Gasteiger partial charge on any atom is 0.272 e. The third kappa shape index (κ3) is 9.84. The zero-order valence-corrected chi connectivity index (χ0v) is 26.8. The van der Waals surface area contributed by atoms with Crippen LogP contribution < -0.4 is 25.6 Å². The molecule has 0 aliphatic carbocycles. The molecule has 9 heteroatoms. The molecule has 0 saturated heterocycles. The lowest BCUT2D eigenvalue weighted by Gasteiger charge is -2.14. The SMILES string of the molecule is CN(C)c1ccc(/C=C(/NC(=O)c2ccccc2)C(=O)Nc2cccc(SCC(=O)Nc3ccc(Oc4ccccc4)cc3)c2)cc1. The molecule has 0 spiro atoms. The van der Waals surface area contributed by atoms with Crippen molar-refractivity contribution in [2.45, 2.75) is 4.90 Å². The topological polar surface area (TPSA) is 99.8 Å². The van der Waals surface area contributed by atoms with E-state index < -0.39 is 11.8 Å². The van der Waals surface area contributed by atoms with Crippen LogP contribution in [0.25, 0.3) is 6.08 Å². The third-order valence-electron chi connectivity index (χ3n) is 6.83. The quantitative estimate of drug-likeness (QED) is 0.0954. The van der Waals surface area contributed by atoms with Gasteiger partial charge in [0.2, 0.25) is 5.91 Å². The van der Waals surface area contributed by atoms with E-state index in [-0.39, 0.29) is 17.4 Å². The molecule has 236 valence electrons. The summed E-state index contributed by atoms with van der Waals surface area (Å²) in [6, 6.07) is 40.2. The molecular formula is C38H34N4O4S. The molecule has 5 aromatic carbocycles. The number of nitrogens with zero attached hydrogens (tertiary/aromatic N) is 1. The smallest absolute Gasteiger partial charge is 0.272 e. The van der Waals surface area contributed by atoms with Crippen molar-refractivity contribution >= 4 is 52.6 Å². The van der Waals surface area contributed by atoms with E-state index in [9.17, 15) is 14.4 Å². The molecule has 0 saturated carbocycles. The maximum absolute atomic E-state index is 13.5. The summed E-state index contributed by atoms with van der Waals surface area (Å²) < 4.78 is 5.81. The summed E-state index contributed by atoms with van der Waals surface area (Å²) in [7, 11) is 3.90. The zero-order valence-electron chi connectivity index (χ0n) is 26.0. The van der Waals surface area contributed by atoms with Gasteiger partial charge in [-0.3, -0.25) is 14.4 Å². The van der Waals surface area contributed by atoms with Crippen LogP contribution in [0.5, 0.6) is 11.5 Å². The maximum atomic E-state index is 13.5. The van der Waals surface area contributed by atoms with Gasteiger partial charge in [-0.05, 0) is 90.5 Å². The Morgan fingerprint density at radius 3 is 2.04 bits per heavy atom. The van der Waals surface area contributed by atoms with E-state index in [4.69, 9.17) is 4.74 Å². The Kier molecular flexibility index (Phi) is 11.1. The largest absolute Gasteiger partial charge is 0.457 e. The average molecular weight is 643 g/mol. The molecule has 0 fully saturated rings. The van der Waals surface area contributed by atoms with Gasteiger partial charge in [0, 0.05) is 41.6 Å². The number of rotatable bonds is 12. The molecule has 0 bridgehead atoms. The highest BCUT2D eigenvalue weighted by Crippen LogP contribution is 2.25. The molecule has 0 radical (unpaired) electrons. The van der Waals surface area contributed by atoms with E-state index in [0.717, 1.165) is 21.9 Å². The minimum Gasteiger partial charge on any atom is -0.457 e. The Hall–Kier alpha value is -5.80. The van der Waals surface area contributed by atoms with Crippen LogP contribution in [0.2, 0.25) is 0 Å². The van der Waals surface area contributed by atoms with Crippen molar-refractivity contribution in [3.8, 4) is 11.5 Å². The van der Waals surface area contributed by atoms with E-state index in [1.54, 1.807) is 72.8 Å². The van der Waals surface area contributed by atoms with Gasteiger partial charge in [-0.25, -0.2) is 0 Å². The number of amides is 3. The molecule has 5 aromatic rings. The zero-order chi connectivity index (χ0) is 33.0. The summed E-state index contributed by atoms with van der Waals surface area (Å²) in [6.07, 6.45) is 1.64. The lowest BCUT2D eigenvalue weighted by molar-refractivity contribution is -0.114. The Balaban J connectivity index is 1.21. The second-order valence-electron chi connectivity index (χ2n) is 10.6. The Labute approximate surface area is 278 Å². The summed E-state index contributed by atoms with van der Waals surface area (Å²) in [5.41, 5.74) is 3.47. The first kappa shape index (κ1) is 32.6.